The number of rotatable bonds is 5. The molecule has 0 amide bonds. The molecule has 1 N–H and O–H groups in total. The molecule has 0 heterocycles. The molecular formula is C13H15F2NO2. The Labute approximate surface area is 105 Å². The molecule has 1 aromatic rings. The Bertz CT molecular complexity index is 428. The summed E-state index contributed by atoms with van der Waals surface area (Å²) in [4.78, 5) is 0. The molecule has 0 saturated carbocycles. The van der Waals surface area contributed by atoms with Crippen LogP contribution in [0.2, 0.25) is 0 Å². The van der Waals surface area contributed by atoms with Crippen molar-refractivity contribution >= 4 is 0 Å². The number of aliphatic hydroxyl groups excluding tert-OH is 1. The molecule has 0 radical (unpaired) electrons. The van der Waals surface area contributed by atoms with E-state index in [0.717, 1.165) is 0 Å². The number of nitrogens with zero attached hydrogens (tertiary/aromatic N) is 1. The first kappa shape index (κ1) is 14.4. The third kappa shape index (κ3) is 3.17. The van der Waals surface area contributed by atoms with Crippen LogP contribution in [0.1, 0.15) is 31.9 Å². The highest BCUT2D eigenvalue weighted by molar-refractivity contribution is 5.30. The topological polar surface area (TPSA) is 53.2 Å². The van der Waals surface area contributed by atoms with Gasteiger partial charge in [-0.15, -0.1) is 0 Å². The van der Waals surface area contributed by atoms with Gasteiger partial charge in [-0.3, -0.25) is 0 Å². The fourth-order valence-electron chi connectivity index (χ4n) is 1.53. The van der Waals surface area contributed by atoms with E-state index in [-0.39, 0.29) is 5.75 Å². The monoisotopic (exact) mass is 255 g/mol. The van der Waals surface area contributed by atoms with Crippen molar-refractivity contribution in [1.29, 1.82) is 5.26 Å². The molecule has 1 aromatic carbocycles. The van der Waals surface area contributed by atoms with Gasteiger partial charge in [0.15, 0.2) is 0 Å². The molecule has 2 atom stereocenters. The molecule has 98 valence electrons. The standard InChI is InChI=1S/C13H15F2NO2/c1-3-13(2,8-16)11(17)9-4-6-10(7-5-9)18-12(14)15/h4-7,11-12,17H,3H2,1-2H3. The van der Waals surface area contributed by atoms with Crippen molar-refractivity contribution in [3.05, 3.63) is 29.8 Å². The minimum Gasteiger partial charge on any atom is -0.435 e. The van der Waals surface area contributed by atoms with Gasteiger partial charge in [0, 0.05) is 0 Å². The van der Waals surface area contributed by atoms with Crippen molar-refractivity contribution in [3.8, 4) is 11.8 Å². The van der Waals surface area contributed by atoms with Gasteiger partial charge in [-0.1, -0.05) is 19.1 Å². The summed E-state index contributed by atoms with van der Waals surface area (Å²) in [7, 11) is 0. The first-order chi connectivity index (χ1) is 8.42. The van der Waals surface area contributed by atoms with Crippen LogP contribution in [0.25, 0.3) is 0 Å². The van der Waals surface area contributed by atoms with Crippen LogP contribution >= 0.6 is 0 Å². The predicted octanol–water partition coefficient (Wildman–Crippen LogP) is 3.26. The van der Waals surface area contributed by atoms with E-state index in [0.29, 0.717) is 12.0 Å². The highest BCUT2D eigenvalue weighted by Gasteiger charge is 2.32. The fourth-order valence-corrected chi connectivity index (χ4v) is 1.53. The van der Waals surface area contributed by atoms with Crippen LogP contribution in [0.4, 0.5) is 8.78 Å². The van der Waals surface area contributed by atoms with Crippen LogP contribution < -0.4 is 4.74 Å². The zero-order chi connectivity index (χ0) is 13.8. The summed E-state index contributed by atoms with van der Waals surface area (Å²) in [5.41, 5.74) is -0.395. The van der Waals surface area contributed by atoms with E-state index in [1.165, 1.54) is 24.3 Å². The molecule has 0 aromatic heterocycles. The smallest absolute Gasteiger partial charge is 0.387 e. The number of alkyl halides is 2. The Kier molecular flexibility index (Phi) is 4.62. The van der Waals surface area contributed by atoms with E-state index in [2.05, 4.69) is 10.8 Å². The SMILES string of the molecule is CCC(C)(C#N)C(O)c1ccc(OC(F)F)cc1. The van der Waals surface area contributed by atoms with Crippen LogP contribution in [0.5, 0.6) is 5.75 Å². The van der Waals surface area contributed by atoms with Crippen molar-refractivity contribution in [2.24, 2.45) is 5.41 Å². The van der Waals surface area contributed by atoms with Gasteiger partial charge in [0.2, 0.25) is 0 Å². The fraction of sp³-hybridized carbons (Fsp3) is 0.462. The number of hydrogen-bond donors (Lipinski definition) is 1. The number of aliphatic hydroxyl groups is 1. The normalized spacial score (nSPS) is 15.8. The highest BCUT2D eigenvalue weighted by atomic mass is 19.3. The van der Waals surface area contributed by atoms with Crippen LogP contribution in [-0.2, 0) is 0 Å². The number of halogens is 2. The average molecular weight is 255 g/mol. The van der Waals surface area contributed by atoms with Gasteiger partial charge in [-0.2, -0.15) is 14.0 Å². The molecule has 3 nitrogen and oxygen atoms in total. The van der Waals surface area contributed by atoms with Gasteiger partial charge in [-0.25, -0.2) is 0 Å². The maximum Gasteiger partial charge on any atom is 0.387 e. The molecule has 0 saturated heterocycles. The van der Waals surface area contributed by atoms with Gasteiger partial charge in [0.1, 0.15) is 5.75 Å². The molecule has 0 spiro atoms. The van der Waals surface area contributed by atoms with Crippen LogP contribution in [0, 0.1) is 16.7 Å². The Balaban J connectivity index is 2.89. The predicted molar refractivity (Wildman–Crippen MR) is 62.0 cm³/mol. The molecule has 1 rings (SSSR count). The van der Waals surface area contributed by atoms with Crippen molar-refractivity contribution in [2.45, 2.75) is 33.0 Å². The summed E-state index contributed by atoms with van der Waals surface area (Å²) in [6, 6.07) is 7.72. The summed E-state index contributed by atoms with van der Waals surface area (Å²) in [5, 5.41) is 19.2. The first-order valence-electron chi connectivity index (χ1n) is 5.57. The van der Waals surface area contributed by atoms with Gasteiger partial charge in [0.25, 0.3) is 0 Å². The van der Waals surface area contributed by atoms with E-state index < -0.39 is 18.1 Å². The molecule has 0 fully saturated rings. The maximum absolute atomic E-state index is 12.0. The molecular weight excluding hydrogens is 240 g/mol. The van der Waals surface area contributed by atoms with Crippen molar-refractivity contribution in [3.63, 3.8) is 0 Å². The average Bonchev–Trinajstić information content (AvgIpc) is 2.37. The second kappa shape index (κ2) is 5.78. The third-order valence-corrected chi connectivity index (χ3v) is 3.01. The highest BCUT2D eigenvalue weighted by Crippen LogP contribution is 2.36. The molecule has 0 aliphatic heterocycles. The van der Waals surface area contributed by atoms with Gasteiger partial charge in [0.05, 0.1) is 17.6 Å². The van der Waals surface area contributed by atoms with Gasteiger partial charge >= 0.3 is 6.61 Å². The summed E-state index contributed by atoms with van der Waals surface area (Å²) >= 11 is 0. The lowest BCUT2D eigenvalue weighted by Gasteiger charge is -2.26. The lowest BCUT2D eigenvalue weighted by Crippen LogP contribution is -2.22. The number of hydrogen-bond acceptors (Lipinski definition) is 3. The lowest BCUT2D eigenvalue weighted by atomic mass is 9.80. The first-order valence-corrected chi connectivity index (χ1v) is 5.57. The number of nitriles is 1. The summed E-state index contributed by atoms with van der Waals surface area (Å²) in [6.07, 6.45) is -0.479. The van der Waals surface area contributed by atoms with Gasteiger partial charge in [-0.05, 0) is 31.0 Å². The summed E-state index contributed by atoms with van der Waals surface area (Å²) < 4.78 is 28.1. The Hall–Kier alpha value is -1.67. The minimum atomic E-state index is -2.87. The van der Waals surface area contributed by atoms with E-state index in [1.807, 2.05) is 0 Å². The largest absolute Gasteiger partial charge is 0.435 e. The molecule has 0 aliphatic rings. The summed E-state index contributed by atoms with van der Waals surface area (Å²) in [6.45, 7) is 0.586. The van der Waals surface area contributed by atoms with Gasteiger partial charge < -0.3 is 9.84 Å². The quantitative estimate of drug-likeness (QED) is 0.878. The van der Waals surface area contributed by atoms with E-state index in [1.54, 1.807) is 13.8 Å². The molecule has 0 bridgehead atoms. The second-order valence-electron chi connectivity index (χ2n) is 4.23. The third-order valence-electron chi connectivity index (χ3n) is 3.01. The summed E-state index contributed by atoms with van der Waals surface area (Å²) in [5.74, 6) is 0.0242. The van der Waals surface area contributed by atoms with Crippen LogP contribution in [0.15, 0.2) is 24.3 Å². The molecule has 0 aliphatic carbocycles. The number of ether oxygens (including phenoxy) is 1. The van der Waals surface area contributed by atoms with Crippen LogP contribution in [0.3, 0.4) is 0 Å². The number of benzene rings is 1. The molecule has 2 unspecified atom stereocenters. The van der Waals surface area contributed by atoms with Crippen molar-refractivity contribution in [2.75, 3.05) is 0 Å². The molecule has 18 heavy (non-hydrogen) atoms. The van der Waals surface area contributed by atoms with E-state index >= 15 is 0 Å². The molecule has 5 heteroatoms. The Morgan fingerprint density at radius 1 is 1.39 bits per heavy atom. The minimum absolute atomic E-state index is 0.0242. The second-order valence-corrected chi connectivity index (χ2v) is 4.23. The van der Waals surface area contributed by atoms with Crippen molar-refractivity contribution < 1.29 is 18.6 Å². The van der Waals surface area contributed by atoms with E-state index in [4.69, 9.17) is 5.26 Å². The zero-order valence-corrected chi connectivity index (χ0v) is 10.2. The Morgan fingerprint density at radius 3 is 2.33 bits per heavy atom. The zero-order valence-electron chi connectivity index (χ0n) is 10.2. The van der Waals surface area contributed by atoms with Crippen LogP contribution in [-0.4, -0.2) is 11.7 Å². The van der Waals surface area contributed by atoms with E-state index in [9.17, 15) is 13.9 Å². The maximum atomic E-state index is 12.0. The lowest BCUT2D eigenvalue weighted by molar-refractivity contribution is -0.0498. The Morgan fingerprint density at radius 2 is 1.94 bits per heavy atom. The van der Waals surface area contributed by atoms with Crippen molar-refractivity contribution in [1.82, 2.24) is 0 Å².